The van der Waals surface area contributed by atoms with Crippen LogP contribution in [0.15, 0.2) is 35.8 Å². The van der Waals surface area contributed by atoms with Gasteiger partial charge in [0.25, 0.3) is 0 Å². The molecule has 1 heterocycles. The maximum absolute atomic E-state index is 13.7. The van der Waals surface area contributed by atoms with Gasteiger partial charge in [-0.15, -0.1) is 10.2 Å². The number of nitrogens with zero attached hydrogens (tertiary/aromatic N) is 3. The number of aromatic nitrogens is 3. The van der Waals surface area contributed by atoms with Crippen LogP contribution in [-0.2, 0) is 6.54 Å². The summed E-state index contributed by atoms with van der Waals surface area (Å²) < 4.78 is 16.2. The zero-order valence-electron chi connectivity index (χ0n) is 11.0. The quantitative estimate of drug-likeness (QED) is 0.899. The molecule has 0 aliphatic carbocycles. The highest BCUT2D eigenvalue weighted by Gasteiger charge is 2.11. The van der Waals surface area contributed by atoms with Gasteiger partial charge in [0, 0.05) is 22.3 Å². The zero-order chi connectivity index (χ0) is 14.7. The van der Waals surface area contributed by atoms with E-state index in [1.165, 1.54) is 6.07 Å². The van der Waals surface area contributed by atoms with Crippen molar-refractivity contribution in [3.05, 3.63) is 53.0 Å². The molecule has 0 radical (unpaired) electrons. The van der Waals surface area contributed by atoms with Crippen molar-refractivity contribution in [1.82, 2.24) is 14.8 Å². The molecule has 1 aromatic carbocycles. The van der Waals surface area contributed by atoms with Gasteiger partial charge >= 0.3 is 0 Å². The van der Waals surface area contributed by atoms with E-state index >= 15 is 0 Å². The Morgan fingerprint density at radius 2 is 2.25 bits per heavy atom. The Balaban J connectivity index is 2.21. The van der Waals surface area contributed by atoms with E-state index in [-0.39, 0.29) is 5.82 Å². The van der Waals surface area contributed by atoms with Crippen molar-refractivity contribution >= 4 is 33.7 Å². The van der Waals surface area contributed by atoms with Crippen LogP contribution in [0.4, 0.5) is 10.3 Å². The summed E-state index contributed by atoms with van der Waals surface area (Å²) in [5, 5.41) is 11.0. The molecule has 0 unspecified atom stereocenters. The van der Waals surface area contributed by atoms with E-state index in [2.05, 4.69) is 44.6 Å². The predicted molar refractivity (Wildman–Crippen MR) is 82.5 cm³/mol. The smallest absolute Gasteiger partial charge is 0.229 e. The van der Waals surface area contributed by atoms with Crippen LogP contribution in [-0.4, -0.2) is 14.8 Å². The van der Waals surface area contributed by atoms with E-state index < -0.39 is 0 Å². The second-order valence-corrected chi connectivity index (χ2v) is 5.16. The fourth-order valence-corrected chi connectivity index (χ4v) is 2.09. The fourth-order valence-electron chi connectivity index (χ4n) is 1.76. The van der Waals surface area contributed by atoms with Crippen LogP contribution in [0.5, 0.6) is 0 Å². The Hall–Kier alpha value is -1.95. The number of halogens is 2. The molecular weight excluding hydrogens is 323 g/mol. The van der Waals surface area contributed by atoms with Crippen molar-refractivity contribution in [3.8, 4) is 0 Å². The van der Waals surface area contributed by atoms with Gasteiger partial charge in [-0.25, -0.2) is 4.39 Å². The molecule has 0 aliphatic rings. The molecule has 20 heavy (non-hydrogen) atoms. The number of nitrogens with one attached hydrogen (secondary N) is 1. The van der Waals surface area contributed by atoms with Crippen molar-refractivity contribution in [1.29, 1.82) is 0 Å². The zero-order valence-corrected chi connectivity index (χ0v) is 12.6. The lowest BCUT2D eigenvalue weighted by molar-refractivity contribution is 0.611. The Morgan fingerprint density at radius 3 is 2.85 bits per heavy atom. The summed E-state index contributed by atoms with van der Waals surface area (Å²) in [4.78, 5) is 0. The van der Waals surface area contributed by atoms with E-state index in [1.807, 2.05) is 6.92 Å². The molecule has 2 aromatic rings. The SMILES string of the molecule is C=Cc1nnc(NCc2ccc(Br)cc2F)n1C(=C)C. The number of anilines is 1. The molecule has 0 spiro atoms. The monoisotopic (exact) mass is 336 g/mol. The van der Waals surface area contributed by atoms with Crippen molar-refractivity contribution in [2.24, 2.45) is 0 Å². The van der Waals surface area contributed by atoms with Crippen molar-refractivity contribution < 1.29 is 4.39 Å². The maximum atomic E-state index is 13.7. The number of hydrogen-bond acceptors (Lipinski definition) is 3. The summed E-state index contributed by atoms with van der Waals surface area (Å²) in [5.74, 6) is 0.822. The van der Waals surface area contributed by atoms with E-state index in [0.717, 1.165) is 5.70 Å². The van der Waals surface area contributed by atoms with Crippen molar-refractivity contribution in [3.63, 3.8) is 0 Å². The van der Waals surface area contributed by atoms with E-state index in [4.69, 9.17) is 0 Å². The summed E-state index contributed by atoms with van der Waals surface area (Å²) >= 11 is 3.23. The van der Waals surface area contributed by atoms with Crippen LogP contribution in [0.2, 0.25) is 0 Å². The minimum Gasteiger partial charge on any atom is -0.350 e. The predicted octanol–water partition coefficient (Wildman–Crippen LogP) is 3.93. The Kier molecular flexibility index (Phi) is 4.34. The van der Waals surface area contributed by atoms with Gasteiger partial charge in [-0.2, -0.15) is 0 Å². The third kappa shape index (κ3) is 2.96. The number of hydrogen-bond donors (Lipinski definition) is 1. The second kappa shape index (κ2) is 6.00. The number of benzene rings is 1. The highest BCUT2D eigenvalue weighted by Crippen LogP contribution is 2.18. The molecule has 1 aromatic heterocycles. The fraction of sp³-hybridized carbons (Fsp3) is 0.143. The van der Waals surface area contributed by atoms with Crippen LogP contribution in [0.3, 0.4) is 0 Å². The summed E-state index contributed by atoms with van der Waals surface area (Å²) in [5.41, 5.74) is 1.30. The van der Waals surface area contributed by atoms with Gasteiger partial charge in [0.05, 0.1) is 0 Å². The van der Waals surface area contributed by atoms with Gasteiger partial charge in [-0.05, 0) is 25.1 Å². The first kappa shape index (κ1) is 14.5. The second-order valence-electron chi connectivity index (χ2n) is 4.25. The number of rotatable bonds is 5. The largest absolute Gasteiger partial charge is 0.350 e. The first-order valence-corrected chi connectivity index (χ1v) is 6.73. The molecule has 104 valence electrons. The topological polar surface area (TPSA) is 42.7 Å². The Morgan fingerprint density at radius 1 is 1.50 bits per heavy atom. The highest BCUT2D eigenvalue weighted by atomic mass is 79.9. The van der Waals surface area contributed by atoms with Gasteiger partial charge in [0.1, 0.15) is 5.82 Å². The molecule has 0 saturated heterocycles. The van der Waals surface area contributed by atoms with Gasteiger partial charge in [-0.1, -0.05) is 35.2 Å². The number of allylic oxidation sites excluding steroid dienone is 1. The van der Waals surface area contributed by atoms with E-state index in [9.17, 15) is 4.39 Å². The molecule has 0 amide bonds. The Bertz CT molecular complexity index is 663. The van der Waals surface area contributed by atoms with Crippen LogP contribution in [0.1, 0.15) is 18.3 Å². The van der Waals surface area contributed by atoms with Gasteiger partial charge in [-0.3, -0.25) is 4.57 Å². The summed E-state index contributed by atoms with van der Waals surface area (Å²) in [6.45, 7) is 9.68. The van der Waals surface area contributed by atoms with Gasteiger partial charge < -0.3 is 5.32 Å². The lowest BCUT2D eigenvalue weighted by Crippen LogP contribution is -2.08. The minimum atomic E-state index is -0.280. The van der Waals surface area contributed by atoms with Crippen molar-refractivity contribution in [2.75, 3.05) is 5.32 Å². The van der Waals surface area contributed by atoms with Crippen LogP contribution >= 0.6 is 15.9 Å². The molecular formula is C14H14BrFN4. The molecule has 2 rings (SSSR count). The third-order valence-corrected chi connectivity index (χ3v) is 3.20. The molecule has 6 heteroatoms. The molecule has 0 aliphatic heterocycles. The maximum Gasteiger partial charge on any atom is 0.229 e. The molecule has 4 nitrogen and oxygen atoms in total. The average Bonchev–Trinajstić information content (AvgIpc) is 2.80. The lowest BCUT2D eigenvalue weighted by Gasteiger charge is -2.10. The molecule has 0 saturated carbocycles. The lowest BCUT2D eigenvalue weighted by atomic mass is 10.2. The first-order valence-electron chi connectivity index (χ1n) is 5.94. The van der Waals surface area contributed by atoms with Gasteiger partial charge in [0.15, 0.2) is 5.82 Å². The average molecular weight is 337 g/mol. The van der Waals surface area contributed by atoms with E-state index in [0.29, 0.717) is 28.4 Å². The summed E-state index contributed by atoms with van der Waals surface area (Å²) in [6.07, 6.45) is 1.59. The standard InChI is InChI=1S/C14H14BrFN4/c1-4-13-18-19-14(20(13)9(2)3)17-8-10-5-6-11(15)7-12(10)16/h4-7H,1-2,8H2,3H3,(H,17,19). The third-order valence-electron chi connectivity index (χ3n) is 2.70. The molecule has 0 atom stereocenters. The Labute approximate surface area is 125 Å². The normalized spacial score (nSPS) is 10.3. The highest BCUT2D eigenvalue weighted by molar-refractivity contribution is 9.10. The van der Waals surface area contributed by atoms with E-state index in [1.54, 1.807) is 22.8 Å². The van der Waals surface area contributed by atoms with Gasteiger partial charge in [0.2, 0.25) is 5.95 Å². The van der Waals surface area contributed by atoms with Crippen LogP contribution in [0.25, 0.3) is 11.8 Å². The van der Waals surface area contributed by atoms with Crippen LogP contribution in [0, 0.1) is 5.82 Å². The minimum absolute atomic E-state index is 0.280. The first-order chi connectivity index (χ1) is 9.52. The molecule has 0 fully saturated rings. The molecule has 0 bridgehead atoms. The van der Waals surface area contributed by atoms with Crippen molar-refractivity contribution in [2.45, 2.75) is 13.5 Å². The molecule has 1 N–H and O–H groups in total. The summed E-state index contributed by atoms with van der Waals surface area (Å²) in [6, 6.07) is 4.93. The summed E-state index contributed by atoms with van der Waals surface area (Å²) in [7, 11) is 0. The van der Waals surface area contributed by atoms with Crippen LogP contribution < -0.4 is 5.32 Å².